The van der Waals surface area contributed by atoms with Gasteiger partial charge in [-0.05, 0) is 8.64 Å². The third-order valence-corrected chi connectivity index (χ3v) is 6.42. The predicted molar refractivity (Wildman–Crippen MR) is 172 cm³/mol. The van der Waals surface area contributed by atoms with E-state index >= 15 is 0 Å². The monoisotopic (exact) mass is 796 g/mol. The number of anilines is 4. The van der Waals surface area contributed by atoms with Gasteiger partial charge < -0.3 is 58.5 Å². The second kappa shape index (κ2) is 17.5. The fraction of sp³-hybridized carbons (Fsp3) is 0. The molecule has 4 aromatic rings. The molecule has 0 saturated heterocycles. The van der Waals surface area contributed by atoms with Crippen LogP contribution >= 0.6 is 96.8 Å². The van der Waals surface area contributed by atoms with Crippen LogP contribution in [0.1, 0.15) is 0 Å². The summed E-state index contributed by atoms with van der Waals surface area (Å²) in [4.78, 5) is 16.3. The average molecular weight is 795 g/mol. The van der Waals surface area contributed by atoms with Crippen LogP contribution in [0.2, 0.25) is 0 Å². The molecule has 0 atom stereocenters. The number of aromatic nitrogens is 4. The number of oxazole rings is 2. The van der Waals surface area contributed by atoms with E-state index < -0.39 is 18.5 Å². The Balaban J connectivity index is 0.000000249. The molecule has 0 bridgehead atoms. The van der Waals surface area contributed by atoms with Gasteiger partial charge in [0.1, 0.15) is 12.5 Å². The van der Waals surface area contributed by atoms with E-state index in [2.05, 4.69) is 45.2 Å². The summed E-state index contributed by atoms with van der Waals surface area (Å²) >= 11 is 39.2. The molecule has 0 fully saturated rings. The summed E-state index contributed by atoms with van der Waals surface area (Å²) in [6.45, 7) is 0. The van der Waals surface area contributed by atoms with Crippen molar-refractivity contribution in [3.63, 3.8) is 0 Å². The summed E-state index contributed by atoms with van der Waals surface area (Å²) in [5, 5.41) is 10.4. The summed E-state index contributed by atoms with van der Waals surface area (Å²) in [7, 11) is 0. The maximum atomic E-state index is 8.50. The van der Waals surface area contributed by atoms with Crippen molar-refractivity contribution in [2.45, 2.75) is 0 Å². The van der Waals surface area contributed by atoms with Crippen LogP contribution in [-0.2, 0) is 50.5 Å². The van der Waals surface area contributed by atoms with E-state index in [9.17, 15) is 0 Å². The molecule has 0 aromatic carbocycles. The SMILES string of the molecule is S=C(S)N(c1ncco1)N(C(=S)[S-])c1nccs1.S=C(S)N(c1ncco1)N(C(=S)[S-])c1nccs1.[O]=[Mo+2]=[O]. The molecule has 4 rings (SSSR count). The molecule has 4 aromatic heterocycles. The zero-order chi connectivity index (χ0) is 28.9. The molecule has 0 N–H and O–H groups in total. The number of thiocarbonyl (C=S) groups is 4. The Kier molecular flexibility index (Phi) is 15.2. The van der Waals surface area contributed by atoms with Crippen molar-refractivity contribution in [2.24, 2.45) is 0 Å². The van der Waals surface area contributed by atoms with E-state index in [4.69, 9.17) is 89.8 Å². The summed E-state index contributed by atoms with van der Waals surface area (Å²) < 4.78 is 28.1. The van der Waals surface area contributed by atoms with Gasteiger partial charge in [-0.15, -0.1) is 47.9 Å². The number of thiol groups is 2. The molecule has 23 heteroatoms. The predicted octanol–water partition coefficient (Wildman–Crippen LogP) is 4.57. The van der Waals surface area contributed by atoms with Gasteiger partial charge in [0.2, 0.25) is 10.3 Å². The first-order valence-electron chi connectivity index (χ1n) is 9.21. The van der Waals surface area contributed by atoms with E-state index in [-0.39, 0.29) is 29.3 Å². The first-order chi connectivity index (χ1) is 18.6. The van der Waals surface area contributed by atoms with E-state index in [0.29, 0.717) is 10.3 Å². The third-order valence-electron chi connectivity index (χ3n) is 3.51. The number of hydrogen-bond donors (Lipinski definition) is 2. The van der Waals surface area contributed by atoms with Crippen LogP contribution in [0.15, 0.2) is 56.9 Å². The molecule has 0 saturated carbocycles. The standard InChI is InChI=1S/2C8H6N4OS5.Mo.2O/c2*14-7(15)11(5-9-1-3-13-5)12(8(16)17)6-10-2-4-18-6;;;/h2*1-4H,(H,14,15)(H,16,17);;;/q;;+2;;/p-2. The molecular weight excluding hydrogens is 785 g/mol. The Morgan fingerprint density at radius 1 is 0.718 bits per heavy atom. The fourth-order valence-corrected chi connectivity index (χ4v) is 5.13. The number of hydrazine groups is 2. The molecule has 39 heavy (non-hydrogen) atoms. The van der Waals surface area contributed by atoms with Crippen molar-refractivity contribution >= 4 is 162 Å². The zero-order valence-electron chi connectivity index (χ0n) is 18.4. The average Bonchev–Trinajstić information content (AvgIpc) is 3.70. The van der Waals surface area contributed by atoms with Crippen LogP contribution in [-0.4, -0.2) is 37.2 Å². The first kappa shape index (κ1) is 33.9. The Morgan fingerprint density at radius 3 is 1.28 bits per heavy atom. The van der Waals surface area contributed by atoms with Crippen molar-refractivity contribution < 1.29 is 34.1 Å². The van der Waals surface area contributed by atoms with Gasteiger partial charge in [-0.2, -0.15) is 10.0 Å². The summed E-state index contributed by atoms with van der Waals surface area (Å²) in [5.74, 6) is 0. The molecule has 0 amide bonds. The number of rotatable bonds is 4. The second-order valence-electron chi connectivity index (χ2n) is 5.67. The van der Waals surface area contributed by atoms with Crippen LogP contribution in [0.3, 0.4) is 0 Å². The Morgan fingerprint density at radius 2 is 1.08 bits per heavy atom. The Hall–Kier alpha value is -1.33. The van der Waals surface area contributed by atoms with Crippen LogP contribution < -0.4 is 20.0 Å². The van der Waals surface area contributed by atoms with Gasteiger partial charge in [0.05, 0.1) is 12.4 Å². The fourth-order valence-electron chi connectivity index (χ4n) is 2.28. The quantitative estimate of drug-likeness (QED) is 0.0985. The van der Waals surface area contributed by atoms with Gasteiger partial charge in [-0.1, -0.05) is 24.4 Å². The molecule has 4 heterocycles. The van der Waals surface area contributed by atoms with E-state index in [0.717, 1.165) is 0 Å². The van der Waals surface area contributed by atoms with E-state index in [1.54, 1.807) is 23.2 Å². The van der Waals surface area contributed by atoms with E-state index in [1.165, 1.54) is 67.6 Å². The molecule has 0 unspecified atom stereocenters. The normalized spacial score (nSPS) is 9.49. The van der Waals surface area contributed by atoms with Crippen molar-refractivity contribution in [2.75, 3.05) is 20.0 Å². The topological polar surface area (TPSA) is 125 Å². The molecular formula is C16H10MoN8O4S10. The summed E-state index contributed by atoms with van der Waals surface area (Å²) in [6, 6.07) is 0.440. The number of hydrogen-bond acceptors (Lipinski definition) is 16. The molecule has 0 aliphatic carbocycles. The summed E-state index contributed by atoms with van der Waals surface area (Å²) in [5.41, 5.74) is 0. The van der Waals surface area contributed by atoms with Gasteiger partial charge in [0, 0.05) is 23.2 Å². The maximum absolute atomic E-state index is 8.50. The second-order valence-corrected chi connectivity index (χ2v) is 12.0. The van der Waals surface area contributed by atoms with Crippen molar-refractivity contribution in [3.8, 4) is 0 Å². The molecule has 12 nitrogen and oxygen atoms in total. The van der Waals surface area contributed by atoms with Gasteiger partial charge in [-0.25, -0.2) is 30.0 Å². The molecule has 0 radical (unpaired) electrons. The molecule has 204 valence electrons. The minimum absolute atomic E-state index is 0.138. The number of thiazole rings is 2. The minimum atomic E-state index is -2.03. The van der Waals surface area contributed by atoms with Crippen LogP contribution in [0.25, 0.3) is 0 Å². The summed E-state index contributed by atoms with van der Waals surface area (Å²) in [6.07, 6.45) is 9.08. The van der Waals surface area contributed by atoms with Gasteiger partial charge in [-0.3, -0.25) is 0 Å². The van der Waals surface area contributed by atoms with Gasteiger partial charge in [0.25, 0.3) is 0 Å². The third kappa shape index (κ3) is 9.92. The first-order valence-corrected chi connectivity index (χ1v) is 16.0. The van der Waals surface area contributed by atoms with Crippen LogP contribution in [0, 0.1) is 0 Å². The van der Waals surface area contributed by atoms with Gasteiger partial charge >= 0.3 is 37.3 Å². The Bertz CT molecular complexity index is 1180. The zero-order valence-corrected chi connectivity index (χ0v) is 28.7. The van der Waals surface area contributed by atoms with Crippen LogP contribution in [0.5, 0.6) is 0 Å². The Labute approximate surface area is 280 Å². The van der Waals surface area contributed by atoms with Crippen molar-refractivity contribution in [1.29, 1.82) is 0 Å². The molecule has 0 aliphatic rings. The van der Waals surface area contributed by atoms with Crippen LogP contribution in [0.4, 0.5) is 22.3 Å². The molecule has 0 aliphatic heterocycles. The molecule has 0 spiro atoms. The number of nitrogens with zero attached hydrogens (tertiary/aromatic N) is 8. The van der Waals surface area contributed by atoms with E-state index in [1.807, 2.05) is 0 Å². The van der Waals surface area contributed by atoms with Gasteiger partial charge in [0.15, 0.2) is 8.64 Å². The van der Waals surface area contributed by atoms with Crippen molar-refractivity contribution in [3.05, 3.63) is 48.1 Å². The van der Waals surface area contributed by atoms with Crippen molar-refractivity contribution in [1.82, 2.24) is 19.9 Å².